The summed E-state index contributed by atoms with van der Waals surface area (Å²) >= 11 is 0. The van der Waals surface area contributed by atoms with Gasteiger partial charge in [-0.2, -0.15) is 0 Å². The van der Waals surface area contributed by atoms with Crippen LogP contribution in [0.25, 0.3) is 122 Å². The maximum atomic E-state index is 6.49. The van der Waals surface area contributed by atoms with Gasteiger partial charge < -0.3 is 14.0 Å². The van der Waals surface area contributed by atoms with E-state index in [4.69, 9.17) is 4.98 Å². The molecule has 19 rings (SSSR count). The van der Waals surface area contributed by atoms with Crippen LogP contribution in [0.2, 0.25) is 0 Å². The molecule has 5 nitrogen and oxygen atoms in total. The number of hydrogen-bond donors (Lipinski definition) is 0. The number of nitrogens with zero attached hydrogens (tertiary/aromatic N) is 5. The van der Waals surface area contributed by atoms with Gasteiger partial charge in [0.2, 0.25) is 0 Å². The Kier molecular flexibility index (Phi) is 17.1. The van der Waals surface area contributed by atoms with Crippen molar-refractivity contribution < 1.29 is 0 Å². The Hall–Kier alpha value is -12.5. The molecule has 2 aliphatic heterocycles. The van der Waals surface area contributed by atoms with E-state index in [9.17, 15) is 0 Å². The molecule has 0 saturated carbocycles. The molecular formula is C109H98BN5. The molecule has 5 heterocycles. The normalized spacial score (nSPS) is 13.1. The Morgan fingerprint density at radius 3 is 0.791 bits per heavy atom. The maximum absolute atomic E-state index is 6.49. The molecule has 17 aromatic rings. The van der Waals surface area contributed by atoms with Crippen molar-refractivity contribution in [1.82, 2.24) is 14.1 Å². The predicted octanol–water partition coefficient (Wildman–Crippen LogP) is 27.8. The van der Waals surface area contributed by atoms with Gasteiger partial charge in [-0.1, -0.05) is 347 Å². The standard InChI is InChI=1S/C109H98BN5/c1-105(2,3)75-52-56-91-87(60-75)88-61-76(106(4,5)6)53-57-92(88)112(91)79-64-85(73-44-30-20-31-45-73)99-95(66-79)114(102-81(69-36-22-16-23-37-69)48-34-49-82(102)70-38-24-17-25-39-70)97-68-98(109(13,14)15)111-104-101(97)110(99)100-86(74-46-32-21-33-47-74)65-80(113-93-58-54-77(107(7,8)9)62-89(93)90-63-78(108(10,11)12)55-59-94(90)113)67-96(100)115(104)103-83(71-40-26-18-27-41-71)50-35-51-84(103)72-42-28-19-29-43-72/h16-68H,1-15H3. The van der Waals surface area contributed by atoms with Gasteiger partial charge in [0.25, 0.3) is 6.71 Å². The first-order valence-electron chi connectivity index (χ1n) is 41.0. The average Bonchev–Trinajstić information content (AvgIpc) is 0.787. The lowest BCUT2D eigenvalue weighted by Crippen LogP contribution is -2.63. The summed E-state index contributed by atoms with van der Waals surface area (Å²) in [7, 11) is 0. The van der Waals surface area contributed by atoms with E-state index in [-0.39, 0.29) is 21.7 Å². The molecule has 0 N–H and O–H groups in total. The van der Waals surface area contributed by atoms with Crippen molar-refractivity contribution in [2.24, 2.45) is 0 Å². The van der Waals surface area contributed by atoms with Gasteiger partial charge >= 0.3 is 0 Å². The van der Waals surface area contributed by atoms with E-state index in [1.165, 1.54) is 54.7 Å². The highest BCUT2D eigenvalue weighted by Crippen LogP contribution is 2.56. The molecule has 0 aliphatic carbocycles. The zero-order valence-electron chi connectivity index (χ0n) is 68.9. The molecule has 0 fully saturated rings. The monoisotopic (exact) mass is 1490 g/mol. The summed E-state index contributed by atoms with van der Waals surface area (Å²) in [6, 6.07) is 123. The minimum absolute atomic E-state index is 0.0968. The number of fused-ring (bicyclic) bond motifs is 10. The Labute approximate surface area is 679 Å². The maximum Gasteiger partial charge on any atom is 0.255 e. The number of hydrogen-bond acceptors (Lipinski definition) is 3. The Morgan fingerprint density at radius 1 is 0.235 bits per heavy atom. The van der Waals surface area contributed by atoms with Gasteiger partial charge in [-0.05, 0) is 184 Å². The summed E-state index contributed by atoms with van der Waals surface area (Å²) in [6.45, 7) is 34.6. The van der Waals surface area contributed by atoms with Crippen molar-refractivity contribution in [2.45, 2.75) is 131 Å². The second-order valence-electron chi connectivity index (χ2n) is 37.2. The Bertz CT molecular complexity index is 6040. The SMILES string of the molecule is CC(C)(C)c1ccc2c(c1)c1cc(C(C)(C)C)ccc1n2-c1cc(-c2ccccc2)c2c(c1)N(c1c(-c3ccccc3)cccc1-c1ccccc1)c1cc(C(C)(C)C)nc3c1B2c1c(-c2ccccc2)cc(-n2c4ccc(C(C)(C)C)cc4c4cc(C(C)(C)C)ccc42)cc1N3c1c(-c2ccccc2)cccc1-c1ccccc1. The summed E-state index contributed by atoms with van der Waals surface area (Å²) < 4.78 is 5.17. The topological polar surface area (TPSA) is 29.2 Å². The highest BCUT2D eigenvalue weighted by Gasteiger charge is 2.50. The molecule has 0 spiro atoms. The van der Waals surface area contributed by atoms with Crippen LogP contribution in [-0.4, -0.2) is 20.8 Å². The van der Waals surface area contributed by atoms with Gasteiger partial charge in [0.05, 0.1) is 39.1 Å². The second-order valence-corrected chi connectivity index (χ2v) is 37.2. The van der Waals surface area contributed by atoms with Gasteiger partial charge in [0.15, 0.2) is 0 Å². The van der Waals surface area contributed by atoms with E-state index < -0.39 is 12.1 Å². The van der Waals surface area contributed by atoms with Gasteiger partial charge in [-0.15, -0.1) is 0 Å². The Balaban J connectivity index is 1.05. The second kappa shape index (κ2) is 27.1. The zero-order chi connectivity index (χ0) is 79.4. The Morgan fingerprint density at radius 2 is 0.504 bits per heavy atom. The number of benzene rings is 14. The highest BCUT2D eigenvalue weighted by molar-refractivity contribution is 7.02. The van der Waals surface area contributed by atoms with Crippen LogP contribution in [0, 0.1) is 0 Å². The van der Waals surface area contributed by atoms with E-state index in [2.05, 4.69) is 444 Å². The van der Waals surface area contributed by atoms with Crippen LogP contribution in [-0.2, 0) is 27.1 Å². The minimum Gasteiger partial charge on any atom is -0.310 e. The summed E-state index contributed by atoms with van der Waals surface area (Å²) in [5, 5.41) is 4.95. The smallest absolute Gasteiger partial charge is 0.255 e. The third kappa shape index (κ3) is 12.3. The van der Waals surface area contributed by atoms with Gasteiger partial charge in [-0.25, -0.2) is 4.98 Å². The van der Waals surface area contributed by atoms with E-state index in [0.717, 1.165) is 146 Å². The average molecular weight is 1490 g/mol. The lowest BCUT2D eigenvalue weighted by atomic mass is 9.32. The molecular weight excluding hydrogens is 1390 g/mol. The van der Waals surface area contributed by atoms with Crippen LogP contribution in [0.4, 0.5) is 34.3 Å². The summed E-state index contributed by atoms with van der Waals surface area (Å²) in [5.41, 5.74) is 34.2. The number of rotatable bonds is 10. The van der Waals surface area contributed by atoms with E-state index in [1.807, 2.05) is 0 Å². The molecule has 562 valence electrons. The van der Waals surface area contributed by atoms with Gasteiger partial charge in [0, 0.05) is 77.7 Å². The zero-order valence-corrected chi connectivity index (χ0v) is 68.9. The molecule has 0 bridgehead atoms. The van der Waals surface area contributed by atoms with Crippen molar-refractivity contribution in [2.75, 3.05) is 9.80 Å². The lowest BCUT2D eigenvalue weighted by molar-refractivity contribution is 0.569. The fraction of sp³-hybridized carbons (Fsp3) is 0.183. The number of anilines is 6. The van der Waals surface area contributed by atoms with E-state index in [0.29, 0.717) is 0 Å². The van der Waals surface area contributed by atoms with Gasteiger partial charge in [0.1, 0.15) is 5.82 Å². The van der Waals surface area contributed by atoms with Crippen LogP contribution in [0.1, 0.15) is 132 Å². The number of aromatic nitrogens is 3. The molecule has 14 aromatic carbocycles. The van der Waals surface area contributed by atoms with Crippen LogP contribution >= 0.6 is 0 Å². The fourth-order valence-corrected chi connectivity index (χ4v) is 18.3. The summed E-state index contributed by atoms with van der Waals surface area (Å²) in [4.78, 5) is 11.9. The van der Waals surface area contributed by atoms with E-state index >= 15 is 0 Å². The van der Waals surface area contributed by atoms with Crippen molar-refractivity contribution in [3.8, 4) is 78.1 Å². The molecule has 3 aromatic heterocycles. The largest absolute Gasteiger partial charge is 0.310 e. The molecule has 2 aliphatic rings. The third-order valence-corrected chi connectivity index (χ3v) is 24.4. The quantitative estimate of drug-likeness (QED) is 0.128. The van der Waals surface area contributed by atoms with Crippen LogP contribution in [0.5, 0.6) is 0 Å². The highest BCUT2D eigenvalue weighted by atomic mass is 15.2. The fourth-order valence-electron chi connectivity index (χ4n) is 18.3. The molecule has 0 unspecified atom stereocenters. The lowest BCUT2D eigenvalue weighted by Gasteiger charge is -2.47. The van der Waals surface area contributed by atoms with Crippen molar-refractivity contribution in [3.05, 3.63) is 349 Å². The first kappa shape index (κ1) is 72.7. The summed E-state index contributed by atoms with van der Waals surface area (Å²) in [5.74, 6) is 0.882. The van der Waals surface area contributed by atoms with Crippen LogP contribution < -0.4 is 26.2 Å². The van der Waals surface area contributed by atoms with Crippen molar-refractivity contribution >= 4 is 101 Å². The summed E-state index contributed by atoms with van der Waals surface area (Å²) in [6.07, 6.45) is 0. The van der Waals surface area contributed by atoms with Crippen LogP contribution in [0.15, 0.2) is 322 Å². The minimum atomic E-state index is -0.489. The molecule has 0 atom stereocenters. The first-order valence-corrected chi connectivity index (χ1v) is 41.0. The van der Waals surface area contributed by atoms with Crippen molar-refractivity contribution in [1.29, 1.82) is 0 Å². The number of para-hydroxylation sites is 2. The molecule has 6 heteroatoms. The first-order chi connectivity index (χ1) is 55.2. The molecule has 0 radical (unpaired) electrons. The van der Waals surface area contributed by atoms with E-state index in [1.54, 1.807) is 0 Å². The third-order valence-electron chi connectivity index (χ3n) is 24.4. The molecule has 0 amide bonds. The predicted molar refractivity (Wildman–Crippen MR) is 493 cm³/mol. The number of pyridine rings is 1. The molecule has 115 heavy (non-hydrogen) atoms. The molecule has 0 saturated heterocycles. The van der Waals surface area contributed by atoms with Gasteiger partial charge in [-0.3, -0.25) is 4.90 Å². The van der Waals surface area contributed by atoms with Crippen LogP contribution in [0.3, 0.4) is 0 Å². The van der Waals surface area contributed by atoms with Crippen molar-refractivity contribution in [3.63, 3.8) is 0 Å².